The number of rotatable bonds is 8. The van der Waals surface area contributed by atoms with Gasteiger partial charge < -0.3 is 34.8 Å². The number of hydrogen-bond donors (Lipinski definition) is 5. The minimum Gasteiger partial charge on any atom is -0.383 e. The molecular weight excluding hydrogens is 439 g/mol. The van der Waals surface area contributed by atoms with E-state index >= 15 is 0 Å². The highest BCUT2D eigenvalue weighted by molar-refractivity contribution is 7.66. The van der Waals surface area contributed by atoms with E-state index in [9.17, 15) is 23.4 Å². The van der Waals surface area contributed by atoms with E-state index in [1.54, 1.807) is 0 Å². The summed E-state index contributed by atoms with van der Waals surface area (Å²) in [5.41, 5.74) is 4.61. The molecule has 1 aromatic rings. The van der Waals surface area contributed by atoms with Gasteiger partial charge in [-0.25, -0.2) is 18.5 Å². The molecule has 2 heterocycles. The Kier molecular flexibility index (Phi) is 6.75. The fourth-order valence-electron chi connectivity index (χ4n) is 1.78. The largest absolute Gasteiger partial charge is 0.490 e. The Morgan fingerprint density at radius 3 is 2.48 bits per heavy atom. The minimum absolute atomic E-state index is 0.0145. The van der Waals surface area contributed by atoms with Crippen molar-refractivity contribution in [1.29, 1.82) is 0 Å². The molecule has 19 heteroatoms. The summed E-state index contributed by atoms with van der Waals surface area (Å²) in [6.07, 6.45) is -0.965. The average Bonchev–Trinajstić information content (AvgIpc) is 2.90. The third-order valence-electron chi connectivity index (χ3n) is 2.69. The average molecular weight is 453 g/mol. The lowest BCUT2D eigenvalue weighted by atomic mass is 10.5. The van der Waals surface area contributed by atoms with Crippen LogP contribution in [0.2, 0.25) is 0 Å². The molecule has 0 saturated carbocycles. The highest BCUT2D eigenvalue weighted by atomic mass is 31.3. The first-order chi connectivity index (χ1) is 12.3. The van der Waals surface area contributed by atoms with Gasteiger partial charge in [0.1, 0.15) is 12.4 Å². The van der Waals surface area contributed by atoms with Gasteiger partial charge in [0.25, 0.3) is 0 Å². The Balaban J connectivity index is 1.91. The maximum Gasteiger partial charge on any atom is 0.490 e. The Morgan fingerprint density at radius 1 is 1.22 bits per heavy atom. The van der Waals surface area contributed by atoms with Gasteiger partial charge in [-0.05, 0) is 6.07 Å². The van der Waals surface area contributed by atoms with Gasteiger partial charge in [-0.2, -0.15) is 13.6 Å². The minimum atomic E-state index is -5.62. The smallest absolute Gasteiger partial charge is 0.383 e. The van der Waals surface area contributed by atoms with Crippen molar-refractivity contribution in [3.63, 3.8) is 0 Å². The quantitative estimate of drug-likeness (QED) is 0.298. The molecule has 0 bridgehead atoms. The normalized spacial score (nSPS) is 25.0. The molecule has 154 valence electrons. The zero-order valence-electron chi connectivity index (χ0n) is 13.0. The SMILES string of the molecule is Nc1ccn(C2COC(COP(=O)(O)OP(=O)(O)OP(=O)(O)O)O2)c(=O)n1. The fourth-order valence-corrected chi connectivity index (χ4v) is 4.78. The van der Waals surface area contributed by atoms with Crippen LogP contribution in [0.4, 0.5) is 5.82 Å². The number of nitrogens with two attached hydrogens (primary N) is 1. The molecular formula is C8H14N3O13P3. The molecule has 1 aliphatic heterocycles. The van der Waals surface area contributed by atoms with Crippen LogP contribution in [0, 0.1) is 0 Å². The first-order valence-corrected chi connectivity index (χ1v) is 11.2. The summed E-state index contributed by atoms with van der Waals surface area (Å²) in [6, 6.07) is 1.32. The summed E-state index contributed by atoms with van der Waals surface area (Å²) in [5, 5.41) is 0. The van der Waals surface area contributed by atoms with Crippen molar-refractivity contribution < 1.29 is 55.9 Å². The van der Waals surface area contributed by atoms with Gasteiger partial charge in [0.2, 0.25) is 0 Å². The van der Waals surface area contributed by atoms with Crippen LogP contribution in [0.3, 0.4) is 0 Å². The Morgan fingerprint density at radius 2 is 1.89 bits per heavy atom. The number of phosphoric acid groups is 3. The van der Waals surface area contributed by atoms with Crippen LogP contribution in [-0.2, 0) is 36.3 Å². The highest BCUT2D eigenvalue weighted by Crippen LogP contribution is 2.66. The molecule has 16 nitrogen and oxygen atoms in total. The van der Waals surface area contributed by atoms with Crippen LogP contribution < -0.4 is 11.4 Å². The lowest BCUT2D eigenvalue weighted by molar-refractivity contribution is -0.0973. The van der Waals surface area contributed by atoms with E-state index in [-0.39, 0.29) is 12.4 Å². The number of hydrogen-bond acceptors (Lipinski definition) is 11. The van der Waals surface area contributed by atoms with E-state index in [4.69, 9.17) is 29.9 Å². The van der Waals surface area contributed by atoms with E-state index < -0.39 is 48.3 Å². The van der Waals surface area contributed by atoms with E-state index in [0.29, 0.717) is 0 Å². The number of anilines is 1. The Hall–Kier alpha value is -0.990. The second-order valence-electron chi connectivity index (χ2n) is 4.78. The standard InChI is InChI=1S/C8H14N3O13P3/c9-5-1-2-11(8(12)10-5)6-3-20-7(22-6)4-21-26(16,17)24-27(18,19)23-25(13,14)15/h1-2,6-7H,3-4H2,(H,16,17)(H,18,19)(H2,9,10,12)(H2,13,14,15). The van der Waals surface area contributed by atoms with E-state index in [1.807, 2.05) is 0 Å². The maximum atomic E-state index is 11.7. The fraction of sp³-hybridized carbons (Fsp3) is 0.500. The van der Waals surface area contributed by atoms with Crippen molar-refractivity contribution in [3.8, 4) is 0 Å². The molecule has 1 aliphatic rings. The highest BCUT2D eigenvalue weighted by Gasteiger charge is 2.41. The molecule has 4 unspecified atom stereocenters. The van der Waals surface area contributed by atoms with Gasteiger partial charge in [-0.1, -0.05) is 0 Å². The summed E-state index contributed by atoms with van der Waals surface area (Å²) in [4.78, 5) is 50.3. The second kappa shape index (κ2) is 8.17. The van der Waals surface area contributed by atoms with Crippen LogP contribution in [0.15, 0.2) is 17.1 Å². The summed E-state index contributed by atoms with van der Waals surface area (Å²) in [5.74, 6) is -0.0145. The molecule has 0 aromatic carbocycles. The molecule has 6 N–H and O–H groups in total. The summed E-state index contributed by atoms with van der Waals surface area (Å²) >= 11 is 0. The first kappa shape index (κ1) is 22.3. The first-order valence-electron chi connectivity index (χ1n) is 6.66. The van der Waals surface area contributed by atoms with Gasteiger partial charge in [0.05, 0.1) is 6.61 Å². The lowest BCUT2D eigenvalue weighted by Crippen LogP contribution is -2.28. The molecule has 4 atom stereocenters. The van der Waals surface area contributed by atoms with Crippen molar-refractivity contribution in [3.05, 3.63) is 22.7 Å². The zero-order chi connectivity index (χ0) is 20.5. The number of aromatic nitrogens is 2. The van der Waals surface area contributed by atoms with Gasteiger partial charge in [0.15, 0.2) is 12.5 Å². The molecule has 1 saturated heterocycles. The van der Waals surface area contributed by atoms with Crippen LogP contribution in [0.1, 0.15) is 6.23 Å². The van der Waals surface area contributed by atoms with Gasteiger partial charge in [-0.3, -0.25) is 9.09 Å². The van der Waals surface area contributed by atoms with E-state index in [1.165, 1.54) is 12.3 Å². The van der Waals surface area contributed by atoms with E-state index in [0.717, 1.165) is 4.57 Å². The predicted molar refractivity (Wildman–Crippen MR) is 82.6 cm³/mol. The van der Waals surface area contributed by atoms with Crippen LogP contribution >= 0.6 is 23.5 Å². The number of nitrogens with zero attached hydrogens (tertiary/aromatic N) is 2. The second-order valence-corrected chi connectivity index (χ2v) is 9.20. The van der Waals surface area contributed by atoms with Crippen LogP contribution in [0.25, 0.3) is 0 Å². The Bertz CT molecular complexity index is 882. The maximum absolute atomic E-state index is 11.7. The van der Waals surface area contributed by atoms with E-state index in [2.05, 4.69) is 18.1 Å². The van der Waals surface area contributed by atoms with Crippen molar-refractivity contribution in [1.82, 2.24) is 9.55 Å². The van der Waals surface area contributed by atoms with Gasteiger partial charge in [0, 0.05) is 6.20 Å². The third kappa shape index (κ3) is 7.16. The number of nitrogen functional groups attached to an aromatic ring is 1. The molecule has 0 amide bonds. The molecule has 0 radical (unpaired) electrons. The van der Waals surface area contributed by atoms with Crippen molar-refractivity contribution in [2.24, 2.45) is 0 Å². The zero-order valence-corrected chi connectivity index (χ0v) is 15.7. The molecule has 1 aromatic heterocycles. The lowest BCUT2D eigenvalue weighted by Gasteiger charge is -2.17. The van der Waals surface area contributed by atoms with Crippen molar-refractivity contribution >= 4 is 29.3 Å². The third-order valence-corrected chi connectivity index (χ3v) is 6.49. The summed E-state index contributed by atoms with van der Waals surface area (Å²) in [6.45, 7) is -0.979. The van der Waals surface area contributed by atoms with Gasteiger partial charge in [-0.15, -0.1) is 0 Å². The van der Waals surface area contributed by atoms with Crippen molar-refractivity contribution in [2.45, 2.75) is 12.5 Å². The predicted octanol–water partition coefficient (Wildman–Crippen LogP) is -0.960. The van der Waals surface area contributed by atoms with Crippen LogP contribution in [0.5, 0.6) is 0 Å². The molecule has 1 fully saturated rings. The summed E-state index contributed by atoms with van der Waals surface area (Å²) < 4.78 is 56.0. The van der Waals surface area contributed by atoms with Gasteiger partial charge >= 0.3 is 29.2 Å². The topological polar surface area (TPSA) is 239 Å². The molecule has 0 spiro atoms. The summed E-state index contributed by atoms with van der Waals surface area (Å²) in [7, 11) is -16.4. The van der Waals surface area contributed by atoms with Crippen molar-refractivity contribution in [2.75, 3.05) is 18.9 Å². The van der Waals surface area contributed by atoms with Crippen LogP contribution in [-0.4, -0.2) is 48.6 Å². The molecule has 2 rings (SSSR count). The number of ether oxygens (including phenoxy) is 2. The molecule has 0 aliphatic carbocycles. The number of phosphoric ester groups is 1. The molecule has 27 heavy (non-hydrogen) atoms. The Labute approximate surface area is 149 Å². The monoisotopic (exact) mass is 453 g/mol.